The maximum absolute atomic E-state index is 11.9. The Morgan fingerprint density at radius 1 is 1.35 bits per heavy atom. The van der Waals surface area contributed by atoms with E-state index in [2.05, 4.69) is 27.8 Å². The predicted octanol–water partition coefficient (Wildman–Crippen LogP) is 2.00. The van der Waals surface area contributed by atoms with Crippen LogP contribution in [0.4, 0.5) is 9.93 Å². The topological polar surface area (TPSA) is 104 Å². The van der Waals surface area contributed by atoms with E-state index in [4.69, 9.17) is 0 Å². The van der Waals surface area contributed by atoms with Crippen LogP contribution in [0.2, 0.25) is 0 Å². The number of carboxylic acids is 1. The van der Waals surface area contributed by atoms with Crippen LogP contribution in [-0.4, -0.2) is 32.8 Å². The van der Waals surface area contributed by atoms with Gasteiger partial charge in [0.2, 0.25) is 5.13 Å². The molecule has 2 rings (SSSR count). The van der Waals surface area contributed by atoms with E-state index < -0.39 is 17.5 Å². The Labute approximate surface area is 120 Å². The lowest BCUT2D eigenvalue weighted by atomic mass is 9.77. The molecule has 0 aliphatic heterocycles. The van der Waals surface area contributed by atoms with E-state index in [-0.39, 0.29) is 0 Å². The zero-order valence-corrected chi connectivity index (χ0v) is 12.3. The van der Waals surface area contributed by atoms with Crippen LogP contribution in [0.15, 0.2) is 0 Å². The van der Waals surface area contributed by atoms with Crippen LogP contribution < -0.4 is 10.6 Å². The molecule has 0 saturated heterocycles. The van der Waals surface area contributed by atoms with Crippen LogP contribution in [0.5, 0.6) is 0 Å². The van der Waals surface area contributed by atoms with Gasteiger partial charge in [-0.1, -0.05) is 18.3 Å². The van der Waals surface area contributed by atoms with Crippen LogP contribution in [-0.2, 0) is 4.79 Å². The van der Waals surface area contributed by atoms with Gasteiger partial charge < -0.3 is 10.4 Å². The number of aliphatic carboxylic acids is 1. The minimum absolute atomic E-state index is 0.365. The van der Waals surface area contributed by atoms with Crippen molar-refractivity contribution in [3.63, 3.8) is 0 Å². The fraction of sp³-hybridized carbons (Fsp3) is 0.667. The lowest BCUT2D eigenvalue weighted by Crippen LogP contribution is -2.57. The number of hydrogen-bond donors (Lipinski definition) is 3. The number of aryl methyl sites for hydroxylation is 1. The second-order valence-corrected chi connectivity index (χ2v) is 6.46. The molecule has 7 nitrogen and oxygen atoms in total. The first-order valence-corrected chi connectivity index (χ1v) is 7.35. The predicted molar refractivity (Wildman–Crippen MR) is 74.8 cm³/mol. The van der Waals surface area contributed by atoms with E-state index in [1.807, 2.05) is 0 Å². The molecule has 1 aromatic heterocycles. The van der Waals surface area contributed by atoms with Gasteiger partial charge in [0.1, 0.15) is 10.5 Å². The molecule has 0 spiro atoms. The molecule has 20 heavy (non-hydrogen) atoms. The van der Waals surface area contributed by atoms with E-state index in [1.165, 1.54) is 11.3 Å². The van der Waals surface area contributed by atoms with Gasteiger partial charge in [0.05, 0.1) is 0 Å². The number of carboxylic acid groups (broad SMARTS) is 1. The highest BCUT2D eigenvalue weighted by Gasteiger charge is 2.42. The molecule has 1 aromatic rings. The van der Waals surface area contributed by atoms with Gasteiger partial charge in [-0.15, -0.1) is 10.2 Å². The third-order valence-electron chi connectivity index (χ3n) is 3.64. The van der Waals surface area contributed by atoms with E-state index >= 15 is 0 Å². The molecule has 1 fully saturated rings. The number of hydrogen-bond acceptors (Lipinski definition) is 5. The van der Waals surface area contributed by atoms with Crippen molar-refractivity contribution in [2.75, 3.05) is 5.32 Å². The van der Waals surface area contributed by atoms with E-state index in [1.54, 1.807) is 6.92 Å². The number of aromatic nitrogens is 2. The fourth-order valence-electron chi connectivity index (χ4n) is 2.34. The molecule has 0 unspecified atom stereocenters. The molecular formula is C12H18N4O3S. The Kier molecular flexibility index (Phi) is 4.22. The monoisotopic (exact) mass is 298 g/mol. The highest BCUT2D eigenvalue weighted by molar-refractivity contribution is 7.15. The Morgan fingerprint density at radius 3 is 2.50 bits per heavy atom. The first-order chi connectivity index (χ1) is 9.41. The number of carbonyl (C=O) groups excluding carboxylic acids is 1. The van der Waals surface area contributed by atoms with Crippen molar-refractivity contribution in [3.05, 3.63) is 5.01 Å². The van der Waals surface area contributed by atoms with Gasteiger partial charge in [0, 0.05) is 0 Å². The van der Waals surface area contributed by atoms with Crippen LogP contribution in [0.3, 0.4) is 0 Å². The van der Waals surface area contributed by atoms with Gasteiger partial charge in [-0.25, -0.2) is 9.59 Å². The Hall–Kier alpha value is -1.70. The molecule has 8 heteroatoms. The van der Waals surface area contributed by atoms with Crippen molar-refractivity contribution < 1.29 is 14.7 Å². The summed E-state index contributed by atoms with van der Waals surface area (Å²) in [6, 6.07) is -0.543. The van der Waals surface area contributed by atoms with Crippen LogP contribution in [0, 0.1) is 12.8 Å². The molecule has 0 aromatic carbocycles. The Balaban J connectivity index is 2.01. The zero-order chi connectivity index (χ0) is 14.8. The number of anilines is 1. The molecule has 3 N–H and O–H groups in total. The van der Waals surface area contributed by atoms with Crippen molar-refractivity contribution in [1.82, 2.24) is 15.5 Å². The summed E-state index contributed by atoms with van der Waals surface area (Å²) >= 11 is 1.24. The number of urea groups is 1. The minimum atomic E-state index is -1.17. The molecule has 0 atom stereocenters. The summed E-state index contributed by atoms with van der Waals surface area (Å²) in [6.07, 6.45) is 2.49. The lowest BCUT2D eigenvalue weighted by molar-refractivity contribution is -0.146. The van der Waals surface area contributed by atoms with Crippen molar-refractivity contribution in [2.45, 2.75) is 45.1 Å². The van der Waals surface area contributed by atoms with E-state index in [9.17, 15) is 14.7 Å². The molecule has 1 saturated carbocycles. The standard InChI is InChI=1S/C12H18N4O3S/c1-7-3-5-12(6-4-7,9(17)18)14-10(19)13-11-16-15-8(2)20-11/h7H,3-6H2,1-2H3,(H,17,18)(H2,13,14,16,19). The van der Waals surface area contributed by atoms with Gasteiger partial charge in [-0.05, 0) is 38.5 Å². The third kappa shape index (κ3) is 3.24. The summed E-state index contributed by atoms with van der Waals surface area (Å²) in [7, 11) is 0. The van der Waals surface area contributed by atoms with E-state index in [0.717, 1.165) is 17.8 Å². The van der Waals surface area contributed by atoms with Crippen molar-refractivity contribution in [1.29, 1.82) is 0 Å². The SMILES string of the molecule is Cc1nnc(NC(=O)NC2(C(=O)O)CCC(C)CC2)s1. The van der Waals surface area contributed by atoms with Gasteiger partial charge in [0.25, 0.3) is 0 Å². The van der Waals surface area contributed by atoms with Crippen LogP contribution >= 0.6 is 11.3 Å². The molecule has 110 valence electrons. The first-order valence-electron chi connectivity index (χ1n) is 6.54. The first kappa shape index (κ1) is 14.7. The van der Waals surface area contributed by atoms with Gasteiger partial charge in [-0.2, -0.15) is 0 Å². The quantitative estimate of drug-likeness (QED) is 0.791. The molecule has 1 heterocycles. The number of carbonyl (C=O) groups is 2. The highest BCUT2D eigenvalue weighted by atomic mass is 32.1. The normalized spacial score (nSPS) is 26.0. The van der Waals surface area contributed by atoms with Gasteiger partial charge >= 0.3 is 12.0 Å². The van der Waals surface area contributed by atoms with Crippen molar-refractivity contribution >= 4 is 28.5 Å². The second-order valence-electron chi connectivity index (χ2n) is 5.28. The molecule has 1 aliphatic rings. The fourth-order valence-corrected chi connectivity index (χ4v) is 2.93. The summed E-state index contributed by atoms with van der Waals surface area (Å²) < 4.78 is 0. The van der Waals surface area contributed by atoms with E-state index in [0.29, 0.717) is 23.9 Å². The number of nitrogens with one attached hydrogen (secondary N) is 2. The molecule has 2 amide bonds. The van der Waals surface area contributed by atoms with Gasteiger partial charge in [0.15, 0.2) is 0 Å². The van der Waals surface area contributed by atoms with Crippen LogP contribution in [0.25, 0.3) is 0 Å². The number of rotatable bonds is 3. The minimum Gasteiger partial charge on any atom is -0.480 e. The van der Waals surface area contributed by atoms with Crippen molar-refractivity contribution in [2.24, 2.45) is 5.92 Å². The average molecular weight is 298 g/mol. The Bertz CT molecular complexity index is 509. The van der Waals surface area contributed by atoms with Crippen LogP contribution in [0.1, 0.15) is 37.6 Å². The maximum Gasteiger partial charge on any atom is 0.329 e. The van der Waals surface area contributed by atoms with Gasteiger partial charge in [-0.3, -0.25) is 5.32 Å². The smallest absolute Gasteiger partial charge is 0.329 e. The lowest BCUT2D eigenvalue weighted by Gasteiger charge is -2.36. The zero-order valence-electron chi connectivity index (χ0n) is 11.5. The summed E-state index contributed by atoms with van der Waals surface area (Å²) in [5.74, 6) is -0.480. The molecule has 1 aliphatic carbocycles. The summed E-state index contributed by atoms with van der Waals surface area (Å²) in [6.45, 7) is 3.87. The summed E-state index contributed by atoms with van der Waals surface area (Å²) in [5, 5.41) is 23.2. The van der Waals surface area contributed by atoms with Crippen molar-refractivity contribution in [3.8, 4) is 0 Å². The second kappa shape index (κ2) is 5.74. The summed E-state index contributed by atoms with van der Waals surface area (Å²) in [4.78, 5) is 23.4. The maximum atomic E-state index is 11.9. The highest BCUT2D eigenvalue weighted by Crippen LogP contribution is 2.32. The molecular weight excluding hydrogens is 280 g/mol. The largest absolute Gasteiger partial charge is 0.480 e. The number of nitrogens with zero attached hydrogens (tertiary/aromatic N) is 2. The molecule has 0 bridgehead atoms. The molecule has 0 radical (unpaired) electrons. The Morgan fingerprint density at radius 2 is 2.00 bits per heavy atom. The number of amides is 2. The third-order valence-corrected chi connectivity index (χ3v) is 4.39. The average Bonchev–Trinajstić information content (AvgIpc) is 2.77. The summed E-state index contributed by atoms with van der Waals surface area (Å²) in [5.41, 5.74) is -1.17.